The van der Waals surface area contributed by atoms with Crippen LogP contribution in [-0.2, 0) is 25.4 Å². The first kappa shape index (κ1) is 26.2. The number of rotatable bonds is 8. The normalized spacial score (nSPS) is 12.1. The van der Waals surface area contributed by atoms with Crippen LogP contribution in [0.2, 0.25) is 0 Å². The molecule has 0 unspecified atom stereocenters. The van der Waals surface area contributed by atoms with Crippen molar-refractivity contribution in [2.24, 2.45) is 0 Å². The summed E-state index contributed by atoms with van der Waals surface area (Å²) < 4.78 is 129. The molecule has 0 saturated carbocycles. The van der Waals surface area contributed by atoms with Gasteiger partial charge in [-0.05, 0) is 72.4 Å². The third-order valence-electron chi connectivity index (χ3n) is 4.95. The minimum absolute atomic E-state index is 0.00327. The average molecular weight is 508 g/mol. The summed E-state index contributed by atoms with van der Waals surface area (Å²) in [6.07, 6.45) is -9.20. The fourth-order valence-corrected chi connectivity index (χ4v) is 3.29. The number of hydrogen-bond donors (Lipinski definition) is 0. The predicted molar refractivity (Wildman–Crippen MR) is 107 cm³/mol. The van der Waals surface area contributed by atoms with E-state index in [9.17, 15) is 39.5 Å². The first-order valence-electron chi connectivity index (χ1n) is 10.2. The van der Waals surface area contributed by atoms with E-state index in [0.29, 0.717) is 17.7 Å². The average Bonchev–Trinajstić information content (AvgIpc) is 2.74. The summed E-state index contributed by atoms with van der Waals surface area (Å²) >= 11 is 0. The molecule has 2 nitrogen and oxygen atoms in total. The molecule has 0 aliphatic carbocycles. The van der Waals surface area contributed by atoms with Crippen LogP contribution in [0.15, 0.2) is 48.5 Å². The number of halogens is 9. The van der Waals surface area contributed by atoms with Crippen molar-refractivity contribution in [1.82, 2.24) is 0 Å². The van der Waals surface area contributed by atoms with Crippen molar-refractivity contribution >= 4 is 0 Å². The maximum absolute atomic E-state index is 14.4. The quantitative estimate of drug-likeness (QED) is 0.292. The van der Waals surface area contributed by atoms with Crippen molar-refractivity contribution in [3.8, 4) is 11.5 Å². The van der Waals surface area contributed by atoms with Crippen molar-refractivity contribution < 1.29 is 49.0 Å². The number of benzene rings is 3. The van der Waals surface area contributed by atoms with Crippen molar-refractivity contribution in [2.45, 2.75) is 38.7 Å². The lowest BCUT2D eigenvalue weighted by Gasteiger charge is -2.20. The molecule has 0 bridgehead atoms. The molecule has 0 aliphatic heterocycles. The van der Waals surface area contributed by atoms with Crippen molar-refractivity contribution in [3.05, 3.63) is 94.1 Å². The zero-order chi connectivity index (χ0) is 26.0. The Labute approximate surface area is 193 Å². The first-order valence-corrected chi connectivity index (χ1v) is 10.2. The SMILES string of the molecule is CCc1cc(F)c(C(F)(F)Oc2ccc(CCc3cc(F)c(OC(F)(F)F)c(F)c3)cc2)c(F)c1. The highest BCUT2D eigenvalue weighted by atomic mass is 19.4. The summed E-state index contributed by atoms with van der Waals surface area (Å²) in [7, 11) is 0. The van der Waals surface area contributed by atoms with E-state index in [1.807, 2.05) is 0 Å². The molecule has 188 valence electrons. The lowest BCUT2D eigenvalue weighted by molar-refractivity contribution is -0.276. The van der Waals surface area contributed by atoms with Gasteiger partial charge in [0, 0.05) is 0 Å². The number of aryl methyl sites for hydroxylation is 3. The van der Waals surface area contributed by atoms with E-state index in [4.69, 9.17) is 0 Å². The van der Waals surface area contributed by atoms with Crippen molar-refractivity contribution in [2.75, 3.05) is 0 Å². The molecule has 3 aromatic rings. The van der Waals surface area contributed by atoms with E-state index in [0.717, 1.165) is 24.3 Å². The molecule has 0 radical (unpaired) electrons. The van der Waals surface area contributed by atoms with E-state index in [-0.39, 0.29) is 30.4 Å². The van der Waals surface area contributed by atoms with Gasteiger partial charge >= 0.3 is 12.5 Å². The lowest BCUT2D eigenvalue weighted by Crippen LogP contribution is -2.25. The molecule has 0 saturated heterocycles. The Morgan fingerprint density at radius 2 is 1.11 bits per heavy atom. The highest BCUT2D eigenvalue weighted by molar-refractivity contribution is 5.34. The molecule has 0 aliphatic rings. The highest BCUT2D eigenvalue weighted by Gasteiger charge is 2.41. The first-order chi connectivity index (χ1) is 16.3. The smallest absolute Gasteiger partial charge is 0.429 e. The van der Waals surface area contributed by atoms with Crippen LogP contribution in [0.1, 0.15) is 29.2 Å². The van der Waals surface area contributed by atoms with Gasteiger partial charge in [-0.1, -0.05) is 19.1 Å². The van der Waals surface area contributed by atoms with E-state index in [2.05, 4.69) is 9.47 Å². The van der Waals surface area contributed by atoms with Crippen LogP contribution >= 0.6 is 0 Å². The molecule has 0 amide bonds. The molecule has 11 heteroatoms. The summed E-state index contributed by atoms with van der Waals surface area (Å²) in [5.74, 6) is -7.93. The minimum Gasteiger partial charge on any atom is -0.429 e. The third kappa shape index (κ3) is 6.61. The minimum atomic E-state index is -5.26. The van der Waals surface area contributed by atoms with Gasteiger partial charge in [0.15, 0.2) is 11.6 Å². The number of hydrogen-bond acceptors (Lipinski definition) is 2. The molecule has 0 heterocycles. The summed E-state index contributed by atoms with van der Waals surface area (Å²) in [6.45, 7) is 1.61. The number of ether oxygens (including phenoxy) is 2. The van der Waals surface area contributed by atoms with Gasteiger partial charge in [-0.25, -0.2) is 17.6 Å². The molecule has 35 heavy (non-hydrogen) atoms. The maximum Gasteiger partial charge on any atom is 0.573 e. The Bertz CT molecular complexity index is 1140. The largest absolute Gasteiger partial charge is 0.573 e. The molecular formula is C24H17F9O2. The van der Waals surface area contributed by atoms with Gasteiger partial charge in [0.25, 0.3) is 0 Å². The monoisotopic (exact) mass is 508 g/mol. The van der Waals surface area contributed by atoms with Crippen LogP contribution < -0.4 is 9.47 Å². The van der Waals surface area contributed by atoms with Crippen LogP contribution in [0.25, 0.3) is 0 Å². The Balaban J connectivity index is 1.68. The zero-order valence-corrected chi connectivity index (χ0v) is 18.0. The molecular weight excluding hydrogens is 491 g/mol. The Morgan fingerprint density at radius 3 is 1.60 bits per heavy atom. The van der Waals surface area contributed by atoms with E-state index < -0.39 is 52.8 Å². The Morgan fingerprint density at radius 1 is 0.629 bits per heavy atom. The van der Waals surface area contributed by atoms with Crippen LogP contribution in [-0.4, -0.2) is 6.36 Å². The van der Waals surface area contributed by atoms with Gasteiger partial charge in [0.1, 0.15) is 22.9 Å². The molecule has 3 aromatic carbocycles. The molecule has 0 aromatic heterocycles. The Hall–Kier alpha value is -3.37. The van der Waals surface area contributed by atoms with E-state index in [1.54, 1.807) is 6.92 Å². The van der Waals surface area contributed by atoms with Crippen molar-refractivity contribution in [3.63, 3.8) is 0 Å². The second kappa shape index (κ2) is 10.1. The summed E-state index contributed by atoms with van der Waals surface area (Å²) in [4.78, 5) is 0. The molecule has 0 N–H and O–H groups in total. The maximum atomic E-state index is 14.4. The van der Waals surface area contributed by atoms with E-state index >= 15 is 0 Å². The highest BCUT2D eigenvalue weighted by Crippen LogP contribution is 2.36. The lowest BCUT2D eigenvalue weighted by atomic mass is 10.0. The van der Waals surface area contributed by atoms with Crippen LogP contribution in [0.4, 0.5) is 39.5 Å². The molecule has 3 rings (SSSR count). The third-order valence-corrected chi connectivity index (χ3v) is 4.95. The second-order valence-electron chi connectivity index (χ2n) is 7.49. The van der Waals surface area contributed by atoms with Crippen LogP contribution in [0.5, 0.6) is 11.5 Å². The van der Waals surface area contributed by atoms with Crippen LogP contribution in [0, 0.1) is 23.3 Å². The summed E-state index contributed by atoms with van der Waals surface area (Å²) in [5, 5.41) is 0. The van der Waals surface area contributed by atoms with Gasteiger partial charge in [-0.3, -0.25) is 0 Å². The van der Waals surface area contributed by atoms with Crippen molar-refractivity contribution in [1.29, 1.82) is 0 Å². The summed E-state index contributed by atoms with van der Waals surface area (Å²) in [5.41, 5.74) is -0.795. The fraction of sp³-hybridized carbons (Fsp3) is 0.250. The number of alkyl halides is 5. The standard InChI is InChI=1S/C24H17F9O2/c1-2-13-9-17(25)21(18(26)10-13)23(29,30)34-16-7-5-14(6-8-16)3-4-15-11-19(27)22(20(28)12-15)35-24(31,32)33/h5-12H,2-4H2,1H3. The summed E-state index contributed by atoms with van der Waals surface area (Å²) in [6, 6.07) is 7.88. The van der Waals surface area contributed by atoms with Gasteiger partial charge in [0.2, 0.25) is 5.75 Å². The van der Waals surface area contributed by atoms with E-state index in [1.165, 1.54) is 12.1 Å². The predicted octanol–water partition coefficient (Wildman–Crippen LogP) is 7.62. The van der Waals surface area contributed by atoms with Gasteiger partial charge in [-0.2, -0.15) is 8.78 Å². The molecule has 0 atom stereocenters. The van der Waals surface area contributed by atoms with Gasteiger partial charge in [0.05, 0.1) is 0 Å². The zero-order valence-electron chi connectivity index (χ0n) is 18.0. The van der Waals surface area contributed by atoms with Gasteiger partial charge in [-0.15, -0.1) is 13.2 Å². The van der Waals surface area contributed by atoms with Crippen LogP contribution in [0.3, 0.4) is 0 Å². The second-order valence-corrected chi connectivity index (χ2v) is 7.49. The Kier molecular flexibility index (Phi) is 7.56. The molecule has 0 fully saturated rings. The molecule has 0 spiro atoms. The van der Waals surface area contributed by atoms with Gasteiger partial charge < -0.3 is 9.47 Å². The fourth-order valence-electron chi connectivity index (χ4n) is 3.29. The topological polar surface area (TPSA) is 18.5 Å².